The molecule has 0 unspecified atom stereocenters. The zero-order valence-corrected chi connectivity index (χ0v) is 14.6. The standard InChI is InChI=1S/C19H20N4OS/c20-19-23-17(13-25-19)15-6-8-16(9-7-15)22-18(24)12-21-11-10-14-4-2-1-3-5-14/h1-9,13,21H,10-12H2,(H2,20,23)(H,22,24). The molecule has 0 bridgehead atoms. The van der Waals surface area contributed by atoms with E-state index < -0.39 is 0 Å². The molecule has 1 amide bonds. The molecule has 0 saturated heterocycles. The Balaban J connectivity index is 1.43. The van der Waals surface area contributed by atoms with E-state index in [2.05, 4.69) is 27.8 Å². The zero-order valence-electron chi connectivity index (χ0n) is 13.7. The predicted molar refractivity (Wildman–Crippen MR) is 104 cm³/mol. The lowest BCUT2D eigenvalue weighted by molar-refractivity contribution is -0.115. The van der Waals surface area contributed by atoms with Crippen molar-refractivity contribution in [3.63, 3.8) is 0 Å². The molecule has 1 heterocycles. The van der Waals surface area contributed by atoms with Crippen LogP contribution in [-0.2, 0) is 11.2 Å². The molecular formula is C19H20N4OS. The highest BCUT2D eigenvalue weighted by atomic mass is 32.1. The van der Waals surface area contributed by atoms with Crippen LogP contribution < -0.4 is 16.4 Å². The summed E-state index contributed by atoms with van der Waals surface area (Å²) in [4.78, 5) is 16.2. The lowest BCUT2D eigenvalue weighted by atomic mass is 10.1. The Hall–Kier alpha value is -2.70. The van der Waals surface area contributed by atoms with Gasteiger partial charge in [0.05, 0.1) is 12.2 Å². The average Bonchev–Trinajstić information content (AvgIpc) is 3.07. The quantitative estimate of drug-likeness (QED) is 0.571. The van der Waals surface area contributed by atoms with Gasteiger partial charge in [0, 0.05) is 16.6 Å². The van der Waals surface area contributed by atoms with Gasteiger partial charge in [-0.3, -0.25) is 4.79 Å². The van der Waals surface area contributed by atoms with Gasteiger partial charge in [0.2, 0.25) is 5.91 Å². The minimum absolute atomic E-state index is 0.0567. The van der Waals surface area contributed by atoms with Gasteiger partial charge >= 0.3 is 0 Å². The number of hydrogen-bond acceptors (Lipinski definition) is 5. The molecule has 0 aliphatic heterocycles. The SMILES string of the molecule is Nc1nc(-c2ccc(NC(=O)CNCCc3ccccc3)cc2)cs1. The Bertz CT molecular complexity index is 815. The minimum Gasteiger partial charge on any atom is -0.375 e. The van der Waals surface area contributed by atoms with Crippen molar-refractivity contribution in [2.45, 2.75) is 6.42 Å². The second kappa shape index (κ2) is 8.41. The van der Waals surface area contributed by atoms with Crippen LogP contribution in [0.25, 0.3) is 11.3 Å². The number of thiazole rings is 1. The van der Waals surface area contributed by atoms with Crippen LogP contribution >= 0.6 is 11.3 Å². The van der Waals surface area contributed by atoms with Crippen molar-refractivity contribution < 1.29 is 4.79 Å². The molecule has 25 heavy (non-hydrogen) atoms. The average molecular weight is 352 g/mol. The van der Waals surface area contributed by atoms with E-state index in [-0.39, 0.29) is 12.5 Å². The van der Waals surface area contributed by atoms with E-state index in [1.807, 2.05) is 47.8 Å². The van der Waals surface area contributed by atoms with Gasteiger partial charge in [-0.15, -0.1) is 11.3 Å². The number of aromatic nitrogens is 1. The molecule has 0 aliphatic rings. The fraction of sp³-hybridized carbons (Fsp3) is 0.158. The van der Waals surface area contributed by atoms with E-state index in [0.717, 1.165) is 29.9 Å². The van der Waals surface area contributed by atoms with E-state index in [9.17, 15) is 4.79 Å². The second-order valence-electron chi connectivity index (χ2n) is 5.61. The number of nitrogen functional groups attached to an aromatic ring is 1. The van der Waals surface area contributed by atoms with Crippen LogP contribution in [0.4, 0.5) is 10.8 Å². The number of nitrogens with one attached hydrogen (secondary N) is 2. The first kappa shape index (κ1) is 17.1. The molecule has 6 heteroatoms. The number of anilines is 2. The van der Waals surface area contributed by atoms with Crippen LogP contribution in [-0.4, -0.2) is 24.0 Å². The number of nitrogens with two attached hydrogens (primary N) is 1. The monoisotopic (exact) mass is 352 g/mol. The summed E-state index contributed by atoms with van der Waals surface area (Å²) < 4.78 is 0. The van der Waals surface area contributed by atoms with Crippen molar-refractivity contribution in [1.29, 1.82) is 0 Å². The maximum atomic E-state index is 12.0. The van der Waals surface area contributed by atoms with Gasteiger partial charge in [-0.1, -0.05) is 42.5 Å². The van der Waals surface area contributed by atoms with Crippen molar-refractivity contribution in [3.05, 3.63) is 65.5 Å². The Morgan fingerprint density at radius 3 is 2.52 bits per heavy atom. The third-order valence-corrected chi connectivity index (χ3v) is 4.38. The van der Waals surface area contributed by atoms with Gasteiger partial charge in [0.25, 0.3) is 0 Å². The highest BCUT2D eigenvalue weighted by molar-refractivity contribution is 7.13. The van der Waals surface area contributed by atoms with Gasteiger partial charge < -0.3 is 16.4 Å². The van der Waals surface area contributed by atoms with Gasteiger partial charge in [-0.05, 0) is 30.7 Å². The summed E-state index contributed by atoms with van der Waals surface area (Å²) in [5, 5.41) is 8.51. The first-order chi connectivity index (χ1) is 12.2. The first-order valence-corrected chi connectivity index (χ1v) is 8.94. The molecule has 0 aliphatic carbocycles. The molecule has 4 N–H and O–H groups in total. The predicted octanol–water partition coefficient (Wildman–Crippen LogP) is 3.16. The summed E-state index contributed by atoms with van der Waals surface area (Å²) in [7, 11) is 0. The summed E-state index contributed by atoms with van der Waals surface area (Å²) in [6, 6.07) is 17.8. The van der Waals surface area contributed by atoms with Gasteiger partial charge in [-0.25, -0.2) is 4.98 Å². The van der Waals surface area contributed by atoms with Gasteiger partial charge in [0.1, 0.15) is 0 Å². The number of amides is 1. The maximum absolute atomic E-state index is 12.0. The molecule has 5 nitrogen and oxygen atoms in total. The largest absolute Gasteiger partial charge is 0.375 e. The van der Waals surface area contributed by atoms with Crippen LogP contribution in [0.3, 0.4) is 0 Å². The molecule has 3 aromatic rings. The zero-order chi connectivity index (χ0) is 17.5. The van der Waals surface area contributed by atoms with Crippen LogP contribution in [0.15, 0.2) is 60.0 Å². The van der Waals surface area contributed by atoms with Crippen molar-refractivity contribution >= 4 is 28.1 Å². The summed E-state index contributed by atoms with van der Waals surface area (Å²) in [6.45, 7) is 1.05. The van der Waals surface area contributed by atoms with Crippen LogP contribution in [0, 0.1) is 0 Å². The fourth-order valence-corrected chi connectivity index (χ4v) is 3.00. The summed E-state index contributed by atoms with van der Waals surface area (Å²) in [5.41, 5.74) is 9.50. The molecule has 1 aromatic heterocycles. The maximum Gasteiger partial charge on any atom is 0.238 e. The fourth-order valence-electron chi connectivity index (χ4n) is 2.43. The van der Waals surface area contributed by atoms with Crippen LogP contribution in [0.5, 0.6) is 0 Å². The highest BCUT2D eigenvalue weighted by Gasteiger charge is 2.05. The molecule has 2 aromatic carbocycles. The Morgan fingerprint density at radius 2 is 1.84 bits per heavy atom. The van der Waals surface area contributed by atoms with Crippen molar-refractivity contribution in [1.82, 2.24) is 10.3 Å². The number of rotatable bonds is 7. The third kappa shape index (κ3) is 5.14. The Labute approximate surface area is 150 Å². The normalized spacial score (nSPS) is 10.6. The second-order valence-corrected chi connectivity index (χ2v) is 6.50. The van der Waals surface area contributed by atoms with E-state index in [1.165, 1.54) is 16.9 Å². The number of carbonyl (C=O) groups is 1. The number of benzene rings is 2. The summed E-state index contributed by atoms with van der Waals surface area (Å²) in [6.07, 6.45) is 0.902. The van der Waals surface area contributed by atoms with Crippen molar-refractivity contribution in [2.75, 3.05) is 24.1 Å². The van der Waals surface area contributed by atoms with Crippen molar-refractivity contribution in [2.24, 2.45) is 0 Å². The molecule has 128 valence electrons. The van der Waals surface area contributed by atoms with Crippen molar-refractivity contribution in [3.8, 4) is 11.3 Å². The molecule has 0 spiro atoms. The molecule has 0 fully saturated rings. The third-order valence-electron chi connectivity index (χ3n) is 3.71. The lowest BCUT2D eigenvalue weighted by Crippen LogP contribution is -2.29. The first-order valence-electron chi connectivity index (χ1n) is 8.06. The molecule has 0 atom stereocenters. The minimum atomic E-state index is -0.0567. The van der Waals surface area contributed by atoms with E-state index in [4.69, 9.17) is 5.73 Å². The van der Waals surface area contributed by atoms with Gasteiger partial charge in [-0.2, -0.15) is 0 Å². The summed E-state index contributed by atoms with van der Waals surface area (Å²) >= 11 is 1.41. The van der Waals surface area contributed by atoms with Crippen LogP contribution in [0.2, 0.25) is 0 Å². The van der Waals surface area contributed by atoms with E-state index in [1.54, 1.807) is 0 Å². The number of hydrogen-bond donors (Lipinski definition) is 3. The van der Waals surface area contributed by atoms with Gasteiger partial charge in [0.15, 0.2) is 5.13 Å². The molecule has 3 rings (SSSR count). The van der Waals surface area contributed by atoms with E-state index >= 15 is 0 Å². The van der Waals surface area contributed by atoms with Crippen LogP contribution in [0.1, 0.15) is 5.56 Å². The molecule has 0 radical (unpaired) electrons. The number of carbonyl (C=O) groups excluding carboxylic acids is 1. The topological polar surface area (TPSA) is 80.0 Å². The number of nitrogens with zero attached hydrogens (tertiary/aromatic N) is 1. The lowest BCUT2D eigenvalue weighted by Gasteiger charge is -2.07. The Morgan fingerprint density at radius 1 is 1.08 bits per heavy atom. The van der Waals surface area contributed by atoms with E-state index in [0.29, 0.717) is 5.13 Å². The Kier molecular flexibility index (Phi) is 5.77. The highest BCUT2D eigenvalue weighted by Crippen LogP contribution is 2.24. The smallest absolute Gasteiger partial charge is 0.238 e. The molecule has 0 saturated carbocycles. The molecular weight excluding hydrogens is 332 g/mol. The summed E-state index contributed by atoms with van der Waals surface area (Å²) in [5.74, 6) is -0.0567.